The highest BCUT2D eigenvalue weighted by Gasteiger charge is 2.14. The van der Waals surface area contributed by atoms with E-state index in [0.29, 0.717) is 5.92 Å². The Morgan fingerprint density at radius 3 is 2.05 bits per heavy atom. The Morgan fingerprint density at radius 2 is 1.52 bits per heavy atom. The molecule has 0 saturated heterocycles. The van der Waals surface area contributed by atoms with E-state index in [9.17, 15) is 0 Å². The molecule has 0 heterocycles. The second kappa shape index (κ2) is 7.20. The second-order valence-corrected chi connectivity index (χ2v) is 6.95. The van der Waals surface area contributed by atoms with Crippen molar-refractivity contribution in [2.45, 2.75) is 12.3 Å². The zero-order chi connectivity index (χ0) is 14.3. The van der Waals surface area contributed by atoms with Crippen LogP contribution in [0.15, 0.2) is 84.1 Å². The Labute approximate surface area is 128 Å². The van der Waals surface area contributed by atoms with Crippen LogP contribution in [0.4, 0.5) is 0 Å². The molecule has 1 aliphatic rings. The largest absolute Gasteiger partial charge is 0.418 e. The van der Waals surface area contributed by atoms with Crippen LogP contribution in [0.25, 0.3) is 0 Å². The highest BCUT2D eigenvalue weighted by atomic mass is 28.2. The predicted octanol–water partition coefficient (Wildman–Crippen LogP) is 3.76. The maximum absolute atomic E-state index is 6.12. The molecule has 0 aromatic heterocycles. The summed E-state index contributed by atoms with van der Waals surface area (Å²) in [6.45, 7) is 0.775. The minimum absolute atomic E-state index is 0.329. The number of benzene rings is 2. The highest BCUT2D eigenvalue weighted by molar-refractivity contribution is 6.38. The van der Waals surface area contributed by atoms with Gasteiger partial charge in [-0.1, -0.05) is 84.1 Å². The smallest absolute Gasteiger partial charge is 0.188 e. The summed E-state index contributed by atoms with van der Waals surface area (Å²) in [6, 6.07) is 21.3. The molecule has 0 fully saturated rings. The molecular formula is C19H20OSi. The van der Waals surface area contributed by atoms with Crippen LogP contribution in [0.5, 0.6) is 0 Å². The Balaban J connectivity index is 1.70. The molecule has 0 radical (unpaired) electrons. The van der Waals surface area contributed by atoms with Crippen molar-refractivity contribution in [3.63, 3.8) is 0 Å². The van der Waals surface area contributed by atoms with Crippen LogP contribution in [-0.2, 0) is 4.43 Å². The molecule has 0 amide bonds. The lowest BCUT2D eigenvalue weighted by Crippen LogP contribution is -2.13. The summed E-state index contributed by atoms with van der Waals surface area (Å²) in [7, 11) is -0.566. The molecular weight excluding hydrogens is 272 g/mol. The molecule has 0 aliphatic heterocycles. The molecule has 106 valence electrons. The van der Waals surface area contributed by atoms with Crippen molar-refractivity contribution in [2.24, 2.45) is 0 Å². The molecule has 1 aliphatic carbocycles. The molecule has 3 rings (SSSR count). The van der Waals surface area contributed by atoms with Gasteiger partial charge in [0.2, 0.25) is 0 Å². The lowest BCUT2D eigenvalue weighted by atomic mass is 9.92. The molecule has 2 aromatic rings. The van der Waals surface area contributed by atoms with Crippen molar-refractivity contribution in [2.75, 3.05) is 6.61 Å². The maximum Gasteiger partial charge on any atom is 0.188 e. The Kier molecular flexibility index (Phi) is 4.82. The number of hydrogen-bond acceptors (Lipinski definition) is 1. The summed E-state index contributed by atoms with van der Waals surface area (Å²) < 4.78 is 6.12. The van der Waals surface area contributed by atoms with Crippen molar-refractivity contribution in [1.82, 2.24) is 0 Å². The van der Waals surface area contributed by atoms with Gasteiger partial charge >= 0.3 is 0 Å². The van der Waals surface area contributed by atoms with Crippen molar-refractivity contribution < 1.29 is 4.43 Å². The molecule has 2 aromatic carbocycles. The van der Waals surface area contributed by atoms with Crippen LogP contribution in [0, 0.1) is 0 Å². The molecule has 0 N–H and O–H groups in total. The standard InChI is InChI=1S/C19H20OSi/c1-3-9-16(10-4-1)19(17-11-5-2-6-12-17)15-20-21-18-13-7-8-14-18/h1-13,19H,14-15,21H2. The minimum atomic E-state index is -0.566. The summed E-state index contributed by atoms with van der Waals surface area (Å²) in [5.41, 5.74) is 2.66. The molecule has 0 saturated carbocycles. The van der Waals surface area contributed by atoms with Crippen LogP contribution < -0.4 is 0 Å². The van der Waals surface area contributed by atoms with E-state index in [0.717, 1.165) is 13.0 Å². The van der Waals surface area contributed by atoms with Gasteiger partial charge in [0.05, 0.1) is 0 Å². The van der Waals surface area contributed by atoms with Gasteiger partial charge in [-0.3, -0.25) is 0 Å². The first kappa shape index (κ1) is 14.1. The van der Waals surface area contributed by atoms with Gasteiger partial charge in [-0.25, -0.2) is 0 Å². The topological polar surface area (TPSA) is 9.23 Å². The Morgan fingerprint density at radius 1 is 0.905 bits per heavy atom. The van der Waals surface area contributed by atoms with Crippen LogP contribution in [0.1, 0.15) is 23.5 Å². The van der Waals surface area contributed by atoms with E-state index >= 15 is 0 Å². The molecule has 2 heteroatoms. The van der Waals surface area contributed by atoms with Gasteiger partial charge in [-0.2, -0.15) is 0 Å². The van der Waals surface area contributed by atoms with Crippen molar-refractivity contribution in [3.8, 4) is 0 Å². The van der Waals surface area contributed by atoms with E-state index in [1.54, 1.807) is 0 Å². The Bertz CT molecular complexity index is 577. The van der Waals surface area contributed by atoms with Crippen LogP contribution in [0.2, 0.25) is 0 Å². The second-order valence-electron chi connectivity index (χ2n) is 5.35. The summed E-state index contributed by atoms with van der Waals surface area (Å²) in [5, 5.41) is 1.50. The number of hydrogen-bond donors (Lipinski definition) is 0. The van der Waals surface area contributed by atoms with Crippen molar-refractivity contribution in [3.05, 3.63) is 95.2 Å². The fourth-order valence-corrected chi connectivity index (χ4v) is 3.79. The van der Waals surface area contributed by atoms with E-state index in [4.69, 9.17) is 4.43 Å². The monoisotopic (exact) mass is 292 g/mol. The summed E-state index contributed by atoms with van der Waals surface area (Å²) in [5.74, 6) is 0.329. The van der Waals surface area contributed by atoms with Crippen molar-refractivity contribution in [1.29, 1.82) is 0 Å². The average Bonchev–Trinajstić information content (AvgIpc) is 3.07. The molecule has 0 unspecified atom stereocenters. The molecule has 1 nitrogen and oxygen atoms in total. The molecule has 21 heavy (non-hydrogen) atoms. The van der Waals surface area contributed by atoms with E-state index in [-0.39, 0.29) is 0 Å². The third-order valence-corrected chi connectivity index (χ3v) is 5.16. The maximum atomic E-state index is 6.12. The summed E-state index contributed by atoms with van der Waals surface area (Å²) in [4.78, 5) is 0. The highest BCUT2D eigenvalue weighted by Crippen LogP contribution is 2.25. The molecule has 0 atom stereocenters. The fourth-order valence-electron chi connectivity index (χ4n) is 2.66. The molecule has 0 bridgehead atoms. The first-order valence-corrected chi connectivity index (χ1v) is 8.74. The lowest BCUT2D eigenvalue weighted by molar-refractivity contribution is 0.323. The van der Waals surface area contributed by atoms with Gasteiger partial charge in [0.15, 0.2) is 9.76 Å². The SMILES string of the molecule is C1=CCC([SiH2]OCC(c2ccccc2)c2ccccc2)=C1. The quantitative estimate of drug-likeness (QED) is 0.737. The first-order chi connectivity index (χ1) is 10.4. The van der Waals surface area contributed by atoms with Gasteiger partial charge in [0.25, 0.3) is 0 Å². The van der Waals surface area contributed by atoms with E-state index in [1.165, 1.54) is 16.3 Å². The number of allylic oxidation sites excluding steroid dienone is 4. The van der Waals surface area contributed by atoms with Crippen LogP contribution in [0.3, 0.4) is 0 Å². The average molecular weight is 292 g/mol. The third kappa shape index (κ3) is 3.81. The summed E-state index contributed by atoms with van der Waals surface area (Å²) >= 11 is 0. The van der Waals surface area contributed by atoms with Crippen LogP contribution >= 0.6 is 0 Å². The first-order valence-electron chi connectivity index (χ1n) is 7.46. The zero-order valence-electron chi connectivity index (χ0n) is 12.1. The third-order valence-electron chi connectivity index (χ3n) is 3.82. The van der Waals surface area contributed by atoms with E-state index in [1.807, 2.05) is 0 Å². The molecule has 0 spiro atoms. The van der Waals surface area contributed by atoms with Gasteiger partial charge in [-0.05, 0) is 17.5 Å². The van der Waals surface area contributed by atoms with Gasteiger partial charge in [-0.15, -0.1) is 0 Å². The van der Waals surface area contributed by atoms with Gasteiger partial charge in [0, 0.05) is 12.5 Å². The Hall–Kier alpha value is -1.90. The van der Waals surface area contributed by atoms with Crippen molar-refractivity contribution >= 4 is 9.76 Å². The normalized spacial score (nSPS) is 14.2. The number of rotatable bonds is 6. The van der Waals surface area contributed by atoms with Gasteiger partial charge in [0.1, 0.15) is 0 Å². The lowest BCUT2D eigenvalue weighted by Gasteiger charge is -2.18. The minimum Gasteiger partial charge on any atom is -0.418 e. The fraction of sp³-hybridized carbons (Fsp3) is 0.158. The van der Waals surface area contributed by atoms with E-state index in [2.05, 4.69) is 78.9 Å². The predicted molar refractivity (Wildman–Crippen MR) is 91.1 cm³/mol. The van der Waals surface area contributed by atoms with Gasteiger partial charge < -0.3 is 4.43 Å². The van der Waals surface area contributed by atoms with E-state index < -0.39 is 9.76 Å². The summed E-state index contributed by atoms with van der Waals surface area (Å²) in [6.07, 6.45) is 7.65. The zero-order valence-corrected chi connectivity index (χ0v) is 13.5. The van der Waals surface area contributed by atoms with Crippen LogP contribution in [-0.4, -0.2) is 16.4 Å².